The number of hydrogen-bond donors (Lipinski definition) is 1. The molecule has 0 saturated carbocycles. The maximum absolute atomic E-state index is 9.18. The van der Waals surface area contributed by atoms with Crippen molar-refractivity contribution >= 4 is 0 Å². The molecular formula is C10H21NO2. The first-order chi connectivity index (χ1) is 5.87. The van der Waals surface area contributed by atoms with Gasteiger partial charge in [-0.25, -0.2) is 0 Å². The summed E-state index contributed by atoms with van der Waals surface area (Å²) >= 11 is 0. The fourth-order valence-corrected chi connectivity index (χ4v) is 1.60. The summed E-state index contributed by atoms with van der Waals surface area (Å²) in [6.07, 6.45) is 0. The Morgan fingerprint density at radius 2 is 2.08 bits per heavy atom. The first kappa shape index (κ1) is 11.0. The molecule has 0 aromatic rings. The largest absolute Gasteiger partial charge is 0.393 e. The molecule has 0 aliphatic carbocycles. The molecule has 0 aromatic heterocycles. The second kappa shape index (κ2) is 3.56. The molecule has 3 heteroatoms. The molecule has 1 aliphatic rings. The first-order valence-electron chi connectivity index (χ1n) is 4.87. The van der Waals surface area contributed by atoms with Crippen LogP contribution >= 0.6 is 0 Å². The number of ether oxygens (including phenoxy) is 1. The Morgan fingerprint density at radius 1 is 1.46 bits per heavy atom. The quantitative estimate of drug-likeness (QED) is 0.661. The highest BCUT2D eigenvalue weighted by molar-refractivity contribution is 4.88. The summed E-state index contributed by atoms with van der Waals surface area (Å²) in [7, 11) is 0. The van der Waals surface area contributed by atoms with E-state index in [1.807, 2.05) is 6.92 Å². The maximum Gasteiger partial charge on any atom is 0.101 e. The Balaban J connectivity index is 2.62. The number of morpholine rings is 1. The predicted octanol–water partition coefficient (Wildman–Crippen LogP) is 0.868. The molecule has 1 heterocycles. The topological polar surface area (TPSA) is 32.7 Å². The zero-order chi connectivity index (χ0) is 10.1. The van der Waals surface area contributed by atoms with E-state index in [1.54, 1.807) is 0 Å². The van der Waals surface area contributed by atoms with Crippen molar-refractivity contribution in [2.45, 2.75) is 38.8 Å². The molecule has 1 rings (SSSR count). The molecule has 0 amide bonds. The van der Waals surface area contributed by atoms with Crippen LogP contribution in [-0.2, 0) is 4.74 Å². The van der Waals surface area contributed by atoms with Gasteiger partial charge in [-0.15, -0.1) is 0 Å². The molecule has 1 aliphatic heterocycles. The van der Waals surface area contributed by atoms with Crippen molar-refractivity contribution in [3.63, 3.8) is 0 Å². The second-order valence-electron chi connectivity index (χ2n) is 5.05. The van der Waals surface area contributed by atoms with Gasteiger partial charge in [-0.05, 0) is 27.7 Å². The molecule has 1 fully saturated rings. The summed E-state index contributed by atoms with van der Waals surface area (Å²) in [5.74, 6) is 0. The Hall–Kier alpha value is -0.120. The molecule has 0 aromatic carbocycles. The van der Waals surface area contributed by atoms with Gasteiger partial charge < -0.3 is 9.84 Å². The minimum Gasteiger partial charge on any atom is -0.393 e. The van der Waals surface area contributed by atoms with Crippen LogP contribution in [0.1, 0.15) is 27.7 Å². The van der Waals surface area contributed by atoms with Crippen LogP contribution in [0.2, 0.25) is 0 Å². The predicted molar refractivity (Wildman–Crippen MR) is 52.8 cm³/mol. The van der Waals surface area contributed by atoms with Gasteiger partial charge in [-0.2, -0.15) is 0 Å². The van der Waals surface area contributed by atoms with E-state index in [9.17, 15) is 5.11 Å². The Labute approximate surface area is 80.7 Å². The van der Waals surface area contributed by atoms with Crippen molar-refractivity contribution in [1.82, 2.24) is 4.90 Å². The molecule has 0 bridgehead atoms. The lowest BCUT2D eigenvalue weighted by atomic mass is 9.99. The Bertz CT molecular complexity index is 176. The summed E-state index contributed by atoms with van der Waals surface area (Å²) in [6, 6.07) is 0. The first-order valence-corrected chi connectivity index (χ1v) is 4.87. The minimum atomic E-state index is -0.370. The molecular weight excluding hydrogens is 166 g/mol. The number of nitrogens with zero attached hydrogens (tertiary/aromatic N) is 1. The lowest BCUT2D eigenvalue weighted by Crippen LogP contribution is -2.57. The smallest absolute Gasteiger partial charge is 0.101 e. The van der Waals surface area contributed by atoms with Crippen LogP contribution in [0.25, 0.3) is 0 Å². The zero-order valence-corrected chi connectivity index (χ0v) is 9.13. The van der Waals surface area contributed by atoms with E-state index in [2.05, 4.69) is 25.7 Å². The molecule has 1 N–H and O–H groups in total. The van der Waals surface area contributed by atoms with Crippen molar-refractivity contribution in [1.29, 1.82) is 0 Å². The summed E-state index contributed by atoms with van der Waals surface area (Å²) in [6.45, 7) is 11.1. The van der Waals surface area contributed by atoms with Gasteiger partial charge in [-0.3, -0.25) is 4.90 Å². The highest BCUT2D eigenvalue weighted by atomic mass is 16.5. The number of rotatable bonds is 1. The average molecular weight is 187 g/mol. The molecule has 78 valence electrons. The van der Waals surface area contributed by atoms with Crippen molar-refractivity contribution in [3.05, 3.63) is 0 Å². The standard InChI is InChI=1S/C10H21NO2/c1-9(2,3)11-5-6-13-10(4,7-11)8-12/h12H,5-8H2,1-4H3. The van der Waals surface area contributed by atoms with Crippen LogP contribution in [0.4, 0.5) is 0 Å². The second-order valence-corrected chi connectivity index (χ2v) is 5.05. The monoisotopic (exact) mass is 187 g/mol. The molecule has 1 unspecified atom stereocenters. The Morgan fingerprint density at radius 3 is 2.54 bits per heavy atom. The van der Waals surface area contributed by atoms with Gasteiger partial charge in [0.15, 0.2) is 0 Å². The normalized spacial score (nSPS) is 32.1. The Kier molecular flexibility index (Phi) is 3.00. The van der Waals surface area contributed by atoms with Gasteiger partial charge in [-0.1, -0.05) is 0 Å². The van der Waals surface area contributed by atoms with Crippen LogP contribution < -0.4 is 0 Å². The van der Waals surface area contributed by atoms with Crippen molar-refractivity contribution < 1.29 is 9.84 Å². The van der Waals surface area contributed by atoms with Gasteiger partial charge in [0.1, 0.15) is 5.60 Å². The fourth-order valence-electron chi connectivity index (χ4n) is 1.60. The van der Waals surface area contributed by atoms with Crippen LogP contribution in [0, 0.1) is 0 Å². The van der Waals surface area contributed by atoms with Gasteiger partial charge in [0, 0.05) is 18.6 Å². The number of hydrogen-bond acceptors (Lipinski definition) is 3. The third-order valence-electron chi connectivity index (χ3n) is 2.62. The average Bonchev–Trinajstić information content (AvgIpc) is 2.03. The molecule has 0 spiro atoms. The summed E-state index contributed by atoms with van der Waals surface area (Å²) in [4.78, 5) is 2.35. The summed E-state index contributed by atoms with van der Waals surface area (Å²) in [5, 5.41) is 9.18. The van der Waals surface area contributed by atoms with Crippen molar-refractivity contribution in [2.75, 3.05) is 26.3 Å². The van der Waals surface area contributed by atoms with E-state index >= 15 is 0 Å². The van der Waals surface area contributed by atoms with Crippen LogP contribution in [0.3, 0.4) is 0 Å². The van der Waals surface area contributed by atoms with E-state index in [-0.39, 0.29) is 17.7 Å². The van der Waals surface area contributed by atoms with Gasteiger partial charge in [0.25, 0.3) is 0 Å². The zero-order valence-electron chi connectivity index (χ0n) is 9.13. The van der Waals surface area contributed by atoms with Gasteiger partial charge in [0.05, 0.1) is 13.2 Å². The SMILES string of the molecule is CC1(CO)CN(C(C)(C)C)CCO1. The molecule has 0 radical (unpaired) electrons. The van der Waals surface area contributed by atoms with Crippen LogP contribution in [-0.4, -0.2) is 47.4 Å². The van der Waals surface area contributed by atoms with E-state index in [0.29, 0.717) is 6.61 Å². The van der Waals surface area contributed by atoms with Crippen molar-refractivity contribution in [3.8, 4) is 0 Å². The maximum atomic E-state index is 9.18. The van der Waals surface area contributed by atoms with Gasteiger partial charge in [0.2, 0.25) is 0 Å². The number of aliphatic hydroxyl groups excluding tert-OH is 1. The van der Waals surface area contributed by atoms with Crippen LogP contribution in [0.15, 0.2) is 0 Å². The highest BCUT2D eigenvalue weighted by Gasteiger charge is 2.35. The molecule has 1 saturated heterocycles. The molecule has 3 nitrogen and oxygen atoms in total. The highest BCUT2D eigenvalue weighted by Crippen LogP contribution is 2.23. The third-order valence-corrected chi connectivity index (χ3v) is 2.62. The van der Waals surface area contributed by atoms with E-state index in [1.165, 1.54) is 0 Å². The lowest BCUT2D eigenvalue weighted by molar-refractivity contribution is -0.138. The lowest BCUT2D eigenvalue weighted by Gasteiger charge is -2.45. The van der Waals surface area contributed by atoms with E-state index in [4.69, 9.17) is 4.74 Å². The number of aliphatic hydroxyl groups is 1. The van der Waals surface area contributed by atoms with Crippen LogP contribution in [0.5, 0.6) is 0 Å². The van der Waals surface area contributed by atoms with E-state index in [0.717, 1.165) is 13.1 Å². The summed E-state index contributed by atoms with van der Waals surface area (Å²) in [5.41, 5.74) is -0.203. The molecule has 13 heavy (non-hydrogen) atoms. The molecule has 1 atom stereocenters. The third kappa shape index (κ3) is 2.66. The minimum absolute atomic E-state index is 0.0968. The van der Waals surface area contributed by atoms with E-state index < -0.39 is 0 Å². The fraction of sp³-hybridized carbons (Fsp3) is 1.00. The van der Waals surface area contributed by atoms with Gasteiger partial charge >= 0.3 is 0 Å². The van der Waals surface area contributed by atoms with Crippen molar-refractivity contribution in [2.24, 2.45) is 0 Å². The summed E-state index contributed by atoms with van der Waals surface area (Å²) < 4.78 is 5.55.